The highest BCUT2D eigenvalue weighted by atomic mass is 32.1. The van der Waals surface area contributed by atoms with Crippen molar-refractivity contribution in [1.29, 1.82) is 0 Å². The Morgan fingerprint density at radius 2 is 2.19 bits per heavy atom. The van der Waals surface area contributed by atoms with Gasteiger partial charge in [0, 0.05) is 36.3 Å². The van der Waals surface area contributed by atoms with Gasteiger partial charge in [-0.2, -0.15) is 0 Å². The number of aliphatic hydroxyl groups is 1. The van der Waals surface area contributed by atoms with E-state index in [1.165, 1.54) is 0 Å². The molecule has 1 aromatic carbocycles. The van der Waals surface area contributed by atoms with Crippen LogP contribution in [0, 0.1) is 0 Å². The van der Waals surface area contributed by atoms with Crippen molar-refractivity contribution in [3.8, 4) is 0 Å². The summed E-state index contributed by atoms with van der Waals surface area (Å²) >= 11 is 1.56. The Morgan fingerprint density at radius 3 is 2.88 bits per heavy atom. The molecule has 4 N–H and O–H groups in total. The van der Waals surface area contributed by atoms with Crippen LogP contribution in [0.5, 0.6) is 0 Å². The number of imide groups is 1. The summed E-state index contributed by atoms with van der Waals surface area (Å²) in [5.74, 6) is 0.261. The van der Waals surface area contributed by atoms with Crippen molar-refractivity contribution in [3.05, 3.63) is 35.2 Å². The van der Waals surface area contributed by atoms with Crippen LogP contribution in [0.15, 0.2) is 35.3 Å². The van der Waals surface area contributed by atoms with Crippen LogP contribution in [0.4, 0.5) is 4.79 Å². The van der Waals surface area contributed by atoms with Gasteiger partial charge < -0.3 is 21.1 Å². The lowest BCUT2D eigenvalue weighted by Gasteiger charge is -2.16. The van der Waals surface area contributed by atoms with Gasteiger partial charge in [0.2, 0.25) is 5.91 Å². The van der Waals surface area contributed by atoms with Crippen molar-refractivity contribution >= 4 is 39.3 Å². The number of fused-ring (bicyclic) bond motifs is 1. The zero-order chi connectivity index (χ0) is 18.5. The first-order chi connectivity index (χ1) is 12.6. The number of hydrogen-bond acceptors (Lipinski definition) is 5. The maximum absolute atomic E-state index is 11.5. The molecule has 1 saturated heterocycles. The van der Waals surface area contributed by atoms with Crippen molar-refractivity contribution in [1.82, 2.24) is 20.9 Å². The number of nitrogens with one attached hydrogen (secondary N) is 3. The monoisotopic (exact) mass is 375 g/mol. The first-order valence-corrected chi connectivity index (χ1v) is 9.09. The SMILES string of the molecule is CN=C(NCCN1C(=O)CNC1=O)NCC(O)c1cc2ccccc2s1. The molecule has 1 fully saturated rings. The second-order valence-electron chi connectivity index (χ2n) is 5.79. The largest absolute Gasteiger partial charge is 0.386 e. The Labute approximate surface area is 154 Å². The first-order valence-electron chi connectivity index (χ1n) is 8.27. The quantitative estimate of drug-likeness (QED) is 0.337. The Bertz CT molecular complexity index is 786. The molecule has 1 unspecified atom stereocenters. The van der Waals surface area contributed by atoms with Gasteiger partial charge >= 0.3 is 6.03 Å². The van der Waals surface area contributed by atoms with Crippen molar-refractivity contribution in [2.45, 2.75) is 6.10 Å². The molecular formula is C17H21N5O3S. The number of benzene rings is 1. The van der Waals surface area contributed by atoms with Crippen LogP contribution in [0.2, 0.25) is 0 Å². The second kappa shape index (κ2) is 8.15. The van der Waals surface area contributed by atoms with E-state index in [-0.39, 0.29) is 25.0 Å². The smallest absolute Gasteiger partial charge is 0.324 e. The van der Waals surface area contributed by atoms with Crippen molar-refractivity contribution < 1.29 is 14.7 Å². The van der Waals surface area contributed by atoms with Crippen molar-refractivity contribution in [2.24, 2.45) is 4.99 Å². The molecule has 3 amide bonds. The van der Waals surface area contributed by atoms with Gasteiger partial charge in [0.15, 0.2) is 5.96 Å². The first kappa shape index (κ1) is 18.2. The van der Waals surface area contributed by atoms with Crippen LogP contribution in [-0.2, 0) is 4.79 Å². The normalized spacial score (nSPS) is 16.1. The third-order valence-corrected chi connectivity index (χ3v) is 5.24. The molecule has 1 aliphatic rings. The summed E-state index contributed by atoms with van der Waals surface area (Å²) in [6.45, 7) is 0.977. The van der Waals surface area contributed by atoms with E-state index in [0.29, 0.717) is 19.0 Å². The van der Waals surface area contributed by atoms with Gasteiger partial charge in [0.1, 0.15) is 6.10 Å². The van der Waals surface area contributed by atoms with Gasteiger partial charge in [-0.25, -0.2) is 4.79 Å². The van der Waals surface area contributed by atoms with Crippen LogP contribution in [-0.4, -0.2) is 61.1 Å². The van der Waals surface area contributed by atoms with Gasteiger partial charge in [0.05, 0.1) is 6.54 Å². The van der Waals surface area contributed by atoms with Gasteiger partial charge in [0.25, 0.3) is 0 Å². The van der Waals surface area contributed by atoms with Gasteiger partial charge in [-0.1, -0.05) is 18.2 Å². The van der Waals surface area contributed by atoms with E-state index >= 15 is 0 Å². The Kier molecular flexibility index (Phi) is 5.69. The summed E-state index contributed by atoms with van der Waals surface area (Å²) in [6.07, 6.45) is -0.656. The molecule has 0 aliphatic carbocycles. The van der Waals surface area contributed by atoms with Crippen LogP contribution < -0.4 is 16.0 Å². The Morgan fingerprint density at radius 1 is 1.38 bits per heavy atom. The zero-order valence-electron chi connectivity index (χ0n) is 14.4. The standard InChI is InChI=1S/C17H21N5O3S/c1-18-16(19-6-7-22-15(24)10-21-17(22)25)20-9-12(23)14-8-11-4-2-3-5-13(11)26-14/h2-5,8,12,23H,6-7,9-10H2,1H3,(H,21,25)(H2,18,19,20). The molecule has 8 nitrogen and oxygen atoms in total. The second-order valence-corrected chi connectivity index (χ2v) is 6.90. The molecule has 0 bridgehead atoms. The van der Waals surface area contributed by atoms with E-state index in [1.807, 2.05) is 30.3 Å². The van der Waals surface area contributed by atoms with E-state index in [1.54, 1.807) is 18.4 Å². The molecule has 1 atom stereocenters. The Hall–Kier alpha value is -2.65. The summed E-state index contributed by atoms with van der Waals surface area (Å²) in [4.78, 5) is 29.1. The maximum Gasteiger partial charge on any atom is 0.324 e. The predicted molar refractivity (Wildman–Crippen MR) is 101 cm³/mol. The number of carbonyl (C=O) groups excluding carboxylic acids is 2. The number of hydrogen-bond donors (Lipinski definition) is 4. The minimum atomic E-state index is -0.656. The van der Waals surface area contributed by atoms with E-state index in [0.717, 1.165) is 19.9 Å². The number of guanidine groups is 1. The minimum Gasteiger partial charge on any atom is -0.386 e. The summed E-state index contributed by atoms with van der Waals surface area (Å²) in [7, 11) is 1.62. The summed E-state index contributed by atoms with van der Waals surface area (Å²) in [6, 6.07) is 9.61. The number of aliphatic hydroxyl groups excluding tert-OH is 1. The van der Waals surface area contributed by atoms with E-state index < -0.39 is 6.10 Å². The number of amides is 3. The highest BCUT2D eigenvalue weighted by Crippen LogP contribution is 2.29. The summed E-state index contributed by atoms with van der Waals surface area (Å²) < 4.78 is 1.14. The number of rotatable bonds is 6. The molecular weight excluding hydrogens is 354 g/mol. The molecule has 2 heterocycles. The number of thiophene rings is 1. The van der Waals surface area contributed by atoms with Crippen LogP contribution in [0.25, 0.3) is 10.1 Å². The molecule has 0 spiro atoms. The Balaban J connectivity index is 1.47. The zero-order valence-corrected chi connectivity index (χ0v) is 15.2. The number of nitrogens with zero attached hydrogens (tertiary/aromatic N) is 2. The molecule has 138 valence electrons. The molecule has 0 saturated carbocycles. The van der Waals surface area contributed by atoms with Crippen molar-refractivity contribution in [3.63, 3.8) is 0 Å². The highest BCUT2D eigenvalue weighted by molar-refractivity contribution is 7.19. The lowest BCUT2D eigenvalue weighted by Crippen LogP contribution is -2.44. The van der Waals surface area contributed by atoms with Crippen LogP contribution >= 0.6 is 11.3 Å². The fourth-order valence-corrected chi connectivity index (χ4v) is 3.70. The molecule has 3 rings (SSSR count). The van der Waals surface area contributed by atoms with E-state index in [4.69, 9.17) is 0 Å². The number of aliphatic imine (C=N–C) groups is 1. The van der Waals surface area contributed by atoms with Crippen LogP contribution in [0.1, 0.15) is 11.0 Å². The fraction of sp³-hybridized carbons (Fsp3) is 0.353. The molecule has 2 aromatic rings. The molecule has 1 aromatic heterocycles. The third-order valence-electron chi connectivity index (χ3n) is 4.02. The average Bonchev–Trinajstić information content (AvgIpc) is 3.22. The van der Waals surface area contributed by atoms with E-state index in [2.05, 4.69) is 20.9 Å². The summed E-state index contributed by atoms with van der Waals surface area (Å²) in [5.41, 5.74) is 0. The molecule has 26 heavy (non-hydrogen) atoms. The van der Waals surface area contributed by atoms with Crippen molar-refractivity contribution in [2.75, 3.05) is 33.2 Å². The van der Waals surface area contributed by atoms with Gasteiger partial charge in [-0.15, -0.1) is 11.3 Å². The number of carbonyl (C=O) groups is 2. The molecule has 0 radical (unpaired) electrons. The van der Waals surface area contributed by atoms with Gasteiger partial charge in [-0.05, 0) is 17.5 Å². The maximum atomic E-state index is 11.5. The average molecular weight is 375 g/mol. The predicted octanol–water partition coefficient (Wildman–Crippen LogP) is 0.652. The number of urea groups is 1. The lowest BCUT2D eigenvalue weighted by atomic mass is 10.2. The van der Waals surface area contributed by atoms with E-state index in [9.17, 15) is 14.7 Å². The fourth-order valence-electron chi connectivity index (χ4n) is 2.65. The summed E-state index contributed by atoms with van der Waals surface area (Å²) in [5, 5.41) is 20.1. The van der Waals surface area contributed by atoms with Gasteiger partial charge in [-0.3, -0.25) is 14.7 Å². The third kappa shape index (κ3) is 4.12. The highest BCUT2D eigenvalue weighted by Gasteiger charge is 2.27. The topological polar surface area (TPSA) is 106 Å². The minimum absolute atomic E-state index is 0.0488. The molecule has 9 heteroatoms. The van der Waals surface area contributed by atoms with Crippen LogP contribution in [0.3, 0.4) is 0 Å². The lowest BCUT2D eigenvalue weighted by molar-refractivity contribution is -0.124. The molecule has 1 aliphatic heterocycles.